The average Bonchev–Trinajstić information content (AvgIpc) is 2.36. The van der Waals surface area contributed by atoms with Crippen molar-refractivity contribution in [3.63, 3.8) is 0 Å². The number of esters is 1. The van der Waals surface area contributed by atoms with Gasteiger partial charge in [0.15, 0.2) is 0 Å². The Morgan fingerprint density at radius 3 is 2.81 bits per heavy atom. The molecule has 1 aromatic carbocycles. The molecular weight excluding hydrogens is 210 g/mol. The Kier molecular flexibility index (Phi) is 2.55. The summed E-state index contributed by atoms with van der Waals surface area (Å²) in [5.74, 6) is -0.788. The third kappa shape index (κ3) is 1.72. The van der Waals surface area contributed by atoms with Gasteiger partial charge in [-0.15, -0.1) is 10.2 Å². The van der Waals surface area contributed by atoms with E-state index >= 15 is 0 Å². The van der Waals surface area contributed by atoms with Crippen LogP contribution in [0, 0.1) is 0 Å². The van der Waals surface area contributed by atoms with Gasteiger partial charge in [-0.05, 0) is 18.2 Å². The monoisotopic (exact) mass is 217 g/mol. The second kappa shape index (κ2) is 4.01. The molecule has 0 fully saturated rings. The van der Waals surface area contributed by atoms with E-state index in [0.717, 1.165) is 0 Å². The summed E-state index contributed by atoms with van der Waals surface area (Å²) >= 11 is 0. The fourth-order valence-electron chi connectivity index (χ4n) is 1.20. The quantitative estimate of drug-likeness (QED) is 0.541. The fraction of sp³-hybridized carbons (Fsp3) is 0.100. The minimum atomic E-state index is -0.661. The van der Waals surface area contributed by atoms with Gasteiger partial charge in [0, 0.05) is 5.56 Å². The molecule has 0 aliphatic carbocycles. The summed E-state index contributed by atoms with van der Waals surface area (Å²) in [5, 5.41) is 7.41. The summed E-state index contributed by atoms with van der Waals surface area (Å²) in [6.07, 6.45) is 0.694. The highest BCUT2D eigenvalue weighted by Gasteiger charge is 2.11. The van der Waals surface area contributed by atoms with Gasteiger partial charge in [-0.1, -0.05) is 0 Å². The van der Waals surface area contributed by atoms with Gasteiger partial charge in [0.05, 0.1) is 12.6 Å². The molecule has 0 saturated heterocycles. The fourth-order valence-corrected chi connectivity index (χ4v) is 1.20. The highest BCUT2D eigenvalue weighted by atomic mass is 16.5. The van der Waals surface area contributed by atoms with Crippen molar-refractivity contribution >= 4 is 23.3 Å². The zero-order chi connectivity index (χ0) is 11.5. The van der Waals surface area contributed by atoms with Crippen LogP contribution in [-0.2, 0) is 4.74 Å². The number of aromatic nitrogens is 3. The number of aldehydes is 1. The van der Waals surface area contributed by atoms with E-state index in [1.54, 1.807) is 12.1 Å². The predicted octanol–water partition coefficient (Wildman–Crippen LogP) is 0.624. The minimum absolute atomic E-state index is 0.127. The molecule has 0 radical (unpaired) electrons. The second-order valence-corrected chi connectivity index (χ2v) is 2.99. The lowest BCUT2D eigenvalue weighted by Crippen LogP contribution is -2.08. The first-order valence-corrected chi connectivity index (χ1v) is 4.42. The van der Waals surface area contributed by atoms with Crippen molar-refractivity contribution in [3.05, 3.63) is 29.6 Å². The van der Waals surface area contributed by atoms with Crippen molar-refractivity contribution in [1.82, 2.24) is 15.2 Å². The Hall–Kier alpha value is -2.37. The molecule has 6 heteroatoms. The molecule has 6 nitrogen and oxygen atoms in total. The Labute approximate surface area is 90.3 Å². The molecule has 0 saturated carbocycles. The maximum absolute atomic E-state index is 11.2. The van der Waals surface area contributed by atoms with Crippen LogP contribution < -0.4 is 0 Å². The number of methoxy groups -OCH3 is 1. The summed E-state index contributed by atoms with van der Waals surface area (Å²) in [7, 11) is 1.23. The molecule has 0 aliphatic heterocycles. The molecule has 16 heavy (non-hydrogen) atoms. The van der Waals surface area contributed by atoms with Gasteiger partial charge < -0.3 is 4.74 Å². The van der Waals surface area contributed by atoms with Crippen LogP contribution in [-0.4, -0.2) is 34.5 Å². The first-order chi connectivity index (χ1) is 7.74. The molecule has 0 spiro atoms. The topological polar surface area (TPSA) is 82.0 Å². The van der Waals surface area contributed by atoms with E-state index in [1.807, 2.05) is 0 Å². The number of hydrogen-bond donors (Lipinski definition) is 0. The lowest BCUT2D eigenvalue weighted by Gasteiger charge is -1.99. The molecule has 1 heterocycles. The zero-order valence-electron chi connectivity index (χ0n) is 8.38. The van der Waals surface area contributed by atoms with Gasteiger partial charge in [0.2, 0.25) is 0 Å². The van der Waals surface area contributed by atoms with Crippen LogP contribution in [0.4, 0.5) is 0 Å². The van der Waals surface area contributed by atoms with Crippen LogP contribution >= 0.6 is 0 Å². The molecule has 80 valence electrons. The molecule has 0 bridgehead atoms. The van der Waals surface area contributed by atoms with Gasteiger partial charge in [0.1, 0.15) is 11.8 Å². The van der Waals surface area contributed by atoms with Crippen molar-refractivity contribution < 1.29 is 14.3 Å². The van der Waals surface area contributed by atoms with E-state index < -0.39 is 5.97 Å². The molecule has 0 atom stereocenters. The second-order valence-electron chi connectivity index (χ2n) is 2.99. The normalized spacial score (nSPS) is 10.1. The highest BCUT2D eigenvalue weighted by Crippen LogP contribution is 2.10. The molecule has 0 unspecified atom stereocenters. The number of nitrogens with zero attached hydrogens (tertiary/aromatic N) is 3. The standard InChI is InChI=1S/C10H7N3O3/c1-16-10(15)9-11-8-4-6(5-14)2-3-7(8)12-13-9/h2-5H,1H3. The predicted molar refractivity (Wildman–Crippen MR) is 54.1 cm³/mol. The number of ether oxygens (including phenoxy) is 1. The Morgan fingerprint density at radius 2 is 2.12 bits per heavy atom. The van der Waals surface area contributed by atoms with Crippen LogP contribution in [0.25, 0.3) is 11.0 Å². The number of carbonyl (C=O) groups excluding carboxylic acids is 2. The largest absolute Gasteiger partial charge is 0.463 e. The Morgan fingerprint density at radius 1 is 1.31 bits per heavy atom. The minimum Gasteiger partial charge on any atom is -0.463 e. The van der Waals surface area contributed by atoms with E-state index in [4.69, 9.17) is 0 Å². The Balaban J connectivity index is 2.59. The third-order valence-electron chi connectivity index (χ3n) is 1.98. The SMILES string of the molecule is COC(=O)c1nnc2ccc(C=O)cc2n1. The maximum Gasteiger partial charge on any atom is 0.378 e. The lowest BCUT2D eigenvalue weighted by atomic mass is 10.2. The van der Waals surface area contributed by atoms with Crippen molar-refractivity contribution in [2.75, 3.05) is 7.11 Å². The smallest absolute Gasteiger partial charge is 0.378 e. The average molecular weight is 217 g/mol. The number of benzene rings is 1. The molecule has 0 N–H and O–H groups in total. The van der Waals surface area contributed by atoms with Crippen molar-refractivity contribution in [2.45, 2.75) is 0 Å². The van der Waals surface area contributed by atoms with E-state index in [1.165, 1.54) is 13.2 Å². The van der Waals surface area contributed by atoms with Crippen LogP contribution in [0.2, 0.25) is 0 Å². The number of hydrogen-bond acceptors (Lipinski definition) is 6. The zero-order valence-corrected chi connectivity index (χ0v) is 8.38. The van der Waals surface area contributed by atoms with E-state index in [-0.39, 0.29) is 5.82 Å². The first kappa shape index (κ1) is 10.2. The van der Waals surface area contributed by atoms with Gasteiger partial charge in [-0.25, -0.2) is 9.78 Å². The molecule has 2 aromatic rings. The van der Waals surface area contributed by atoms with Gasteiger partial charge >= 0.3 is 5.97 Å². The van der Waals surface area contributed by atoms with E-state index in [2.05, 4.69) is 19.9 Å². The van der Waals surface area contributed by atoms with Crippen LogP contribution in [0.5, 0.6) is 0 Å². The van der Waals surface area contributed by atoms with Crippen molar-refractivity contribution in [1.29, 1.82) is 0 Å². The van der Waals surface area contributed by atoms with Gasteiger partial charge in [0.25, 0.3) is 5.82 Å². The summed E-state index contributed by atoms with van der Waals surface area (Å²) in [4.78, 5) is 25.7. The maximum atomic E-state index is 11.2. The van der Waals surface area contributed by atoms with Gasteiger partial charge in [-0.3, -0.25) is 4.79 Å². The highest BCUT2D eigenvalue weighted by molar-refractivity contribution is 5.89. The van der Waals surface area contributed by atoms with Crippen LogP contribution in [0.3, 0.4) is 0 Å². The number of rotatable bonds is 2. The van der Waals surface area contributed by atoms with Crippen molar-refractivity contribution in [2.24, 2.45) is 0 Å². The Bertz CT molecular complexity index is 568. The molecule has 0 amide bonds. The first-order valence-electron chi connectivity index (χ1n) is 4.42. The molecule has 0 aliphatic rings. The van der Waals surface area contributed by atoms with E-state index in [9.17, 15) is 9.59 Å². The number of fused-ring (bicyclic) bond motifs is 1. The molecular formula is C10H7N3O3. The van der Waals surface area contributed by atoms with E-state index in [0.29, 0.717) is 22.9 Å². The summed E-state index contributed by atoms with van der Waals surface area (Å²) < 4.78 is 4.47. The summed E-state index contributed by atoms with van der Waals surface area (Å²) in [6, 6.07) is 4.74. The summed E-state index contributed by atoms with van der Waals surface area (Å²) in [6.45, 7) is 0. The van der Waals surface area contributed by atoms with Crippen molar-refractivity contribution in [3.8, 4) is 0 Å². The lowest BCUT2D eigenvalue weighted by molar-refractivity contribution is 0.0585. The molecule has 1 aromatic heterocycles. The summed E-state index contributed by atoms with van der Waals surface area (Å²) in [5.41, 5.74) is 1.40. The molecule has 2 rings (SSSR count). The van der Waals surface area contributed by atoms with Crippen LogP contribution in [0.1, 0.15) is 21.0 Å². The van der Waals surface area contributed by atoms with Gasteiger partial charge in [-0.2, -0.15) is 0 Å². The number of carbonyl (C=O) groups is 2. The van der Waals surface area contributed by atoms with Crippen LogP contribution in [0.15, 0.2) is 18.2 Å². The third-order valence-corrected chi connectivity index (χ3v) is 1.98.